The van der Waals surface area contributed by atoms with Crippen LogP contribution in [0, 0.1) is 19.8 Å². The summed E-state index contributed by atoms with van der Waals surface area (Å²) in [5, 5.41) is 0. The Morgan fingerprint density at radius 1 is 0.371 bits per heavy atom. The first kappa shape index (κ1) is 67.4. The zero-order chi connectivity index (χ0) is 64.0. The number of rotatable bonds is 6. The lowest BCUT2D eigenvalue weighted by atomic mass is 9.87. The number of hydrogen-bond acceptors (Lipinski definition) is 18. The summed E-state index contributed by atoms with van der Waals surface area (Å²) < 4.78 is 64.1. The van der Waals surface area contributed by atoms with Gasteiger partial charge in [0.25, 0.3) is 0 Å². The molecule has 6 aromatic rings. The molecule has 0 fully saturated rings. The van der Waals surface area contributed by atoms with E-state index in [1.54, 1.807) is 6.07 Å². The van der Waals surface area contributed by atoms with Gasteiger partial charge in [-0.25, -0.2) is 0 Å². The summed E-state index contributed by atoms with van der Waals surface area (Å²) in [4.78, 5) is 66.6. The first-order valence-electron chi connectivity index (χ1n) is 30.0. The number of aryl methyl sites for hydroxylation is 4. The molecular weight excluding hydrogens is 1140 g/mol. The van der Waals surface area contributed by atoms with E-state index in [4.69, 9.17) is 56.8 Å². The lowest BCUT2D eigenvalue weighted by molar-refractivity contribution is -0.122. The molecule has 0 saturated carbocycles. The van der Waals surface area contributed by atoms with Crippen LogP contribution < -0.4 is 56.8 Å². The number of ketones is 6. The van der Waals surface area contributed by atoms with Crippen molar-refractivity contribution in [3.05, 3.63) is 143 Å². The number of para-hydroxylation sites is 1. The number of hydrogen-bond donors (Lipinski definition) is 0. The lowest BCUT2D eigenvalue weighted by Crippen LogP contribution is -2.15. The van der Waals surface area contributed by atoms with Crippen LogP contribution in [0.3, 0.4) is 0 Å². The largest absolute Gasteiger partial charge is 0.482 e. The summed E-state index contributed by atoms with van der Waals surface area (Å²) in [5.74, 6) is 8.97. The first-order chi connectivity index (χ1) is 42.6. The van der Waals surface area contributed by atoms with Gasteiger partial charge in [-0.05, 0) is 150 Å². The third-order valence-corrected chi connectivity index (χ3v) is 13.9. The number of ether oxygens (including phenoxy) is 12. The Morgan fingerprint density at radius 3 is 1.16 bits per heavy atom. The van der Waals surface area contributed by atoms with Crippen LogP contribution in [-0.2, 0) is 47.0 Å². The van der Waals surface area contributed by atoms with E-state index in [-0.39, 0.29) is 119 Å². The molecule has 6 aromatic carbocycles. The van der Waals surface area contributed by atoms with E-state index in [1.165, 1.54) is 22.3 Å². The normalized spacial score (nSPS) is 15.2. The molecule has 0 aliphatic carbocycles. The summed E-state index contributed by atoms with van der Waals surface area (Å²) in [7, 11) is 0. The summed E-state index contributed by atoms with van der Waals surface area (Å²) in [6, 6.07) is 34.6. The van der Waals surface area contributed by atoms with Crippen LogP contribution in [0.4, 0.5) is 0 Å². The fraction of sp³-hybridized carbons (Fsp3) is 0.408. The number of carbonyl (C=O) groups is 6. The zero-order valence-corrected chi connectivity index (χ0v) is 52.7. The third kappa shape index (κ3) is 21.4. The molecule has 6 aliphatic rings. The van der Waals surface area contributed by atoms with Crippen molar-refractivity contribution < 1.29 is 85.6 Å². The van der Waals surface area contributed by atoms with Crippen molar-refractivity contribution in [3.8, 4) is 69.0 Å². The Kier molecular flexibility index (Phi) is 24.8. The lowest BCUT2D eigenvalue weighted by Gasteiger charge is -2.20. The molecule has 12 rings (SSSR count). The van der Waals surface area contributed by atoms with E-state index in [2.05, 4.69) is 55.4 Å². The van der Waals surface area contributed by atoms with Crippen molar-refractivity contribution in [1.82, 2.24) is 0 Å². The van der Waals surface area contributed by atoms with Gasteiger partial charge in [-0.15, -0.1) is 0 Å². The van der Waals surface area contributed by atoms with Crippen molar-refractivity contribution in [3.63, 3.8) is 0 Å². The molecule has 18 heteroatoms. The molecule has 0 spiro atoms. The summed E-state index contributed by atoms with van der Waals surface area (Å²) in [6.45, 7) is 22.4. The van der Waals surface area contributed by atoms with Gasteiger partial charge in [0.15, 0.2) is 148 Å². The predicted octanol–water partition coefficient (Wildman–Crippen LogP) is 11.7. The summed E-state index contributed by atoms with van der Waals surface area (Å²) in [5.41, 5.74) is 6.96. The quantitative estimate of drug-likeness (QED) is 0.152. The van der Waals surface area contributed by atoms with Gasteiger partial charge in [0.05, 0.1) is 0 Å². The second-order valence-corrected chi connectivity index (χ2v) is 23.6. The van der Waals surface area contributed by atoms with Crippen LogP contribution in [0.15, 0.2) is 109 Å². The number of carbonyl (C=O) groups excluding carboxylic acids is 6. The maximum absolute atomic E-state index is 11.2. The molecule has 6 aliphatic heterocycles. The van der Waals surface area contributed by atoms with E-state index in [9.17, 15) is 28.8 Å². The Morgan fingerprint density at radius 2 is 0.730 bits per heavy atom. The molecule has 0 bridgehead atoms. The minimum atomic E-state index is -0.0338. The SMILES string of the molecule is CC(C)(C)c1ccc2c(c1)OCC(=O)CO2.CC(C)CCc1ccc2c(c1)OCC(=O)CO2.CC(C)c1ccc2c(c1)OCC(=O)CO2.CCCc1ccc2c(c1)OCC(=O)CO2.Cc1ccc2c(c1)OCC(=O)CO2.Cc1cccc2c1OCC(=O)CO2. The van der Waals surface area contributed by atoms with Crippen LogP contribution in [0.5, 0.6) is 69.0 Å². The molecular formula is C71H82O18. The smallest absolute Gasteiger partial charge is 0.207 e. The van der Waals surface area contributed by atoms with Crippen molar-refractivity contribution >= 4 is 34.7 Å². The molecule has 0 atom stereocenters. The van der Waals surface area contributed by atoms with E-state index >= 15 is 0 Å². The van der Waals surface area contributed by atoms with Crippen LogP contribution in [-0.4, -0.2) is 114 Å². The standard InChI is InChI=1S/C14H18O3.C13H16O3.2C12H14O3.2C10H10O3/c1-10(2)3-4-11-5-6-13-14(7-11)17-9-12(15)8-16-13;1-13(2,3)9-4-5-11-12(6-9)16-8-10(14)7-15-11;1-8(2)9-3-4-11-12(5-9)15-7-10(13)6-14-11;1-2-3-9-4-5-11-12(6-9)15-8-10(13)7-14-11;1-7-2-3-9-10(4-7)13-6-8(11)5-12-9;1-7-3-2-4-9-10(7)13-6-8(11)5-12-9/h5-7,10H,3-4,8-9H2,1-2H3;4-6H,7-8H2,1-3H3;3-5,8H,6-7H2,1-2H3;4-6H,2-3,7-8H2,1H3;2*2-4H,5-6H2,1H3. The second kappa shape index (κ2) is 32.8. The van der Waals surface area contributed by atoms with Gasteiger partial charge in [-0.2, -0.15) is 0 Å². The molecule has 474 valence electrons. The Labute approximate surface area is 521 Å². The monoisotopic (exact) mass is 1220 g/mol. The highest BCUT2D eigenvalue weighted by atomic mass is 16.6. The maximum Gasteiger partial charge on any atom is 0.207 e. The minimum Gasteiger partial charge on any atom is -0.482 e. The molecule has 18 nitrogen and oxygen atoms in total. The van der Waals surface area contributed by atoms with Gasteiger partial charge in [0.1, 0.15) is 0 Å². The van der Waals surface area contributed by atoms with Crippen LogP contribution in [0.1, 0.15) is 108 Å². The van der Waals surface area contributed by atoms with Crippen LogP contribution in [0.2, 0.25) is 0 Å². The third-order valence-electron chi connectivity index (χ3n) is 13.9. The Balaban J connectivity index is 0.000000152. The molecule has 6 heterocycles. The Hall–Kier alpha value is -9.06. The molecule has 0 amide bonds. The second-order valence-electron chi connectivity index (χ2n) is 23.6. The summed E-state index contributed by atoms with van der Waals surface area (Å²) in [6.07, 6.45) is 4.30. The molecule has 0 N–H and O–H groups in total. The number of Topliss-reactive ketones (excluding diaryl/α,β-unsaturated/α-hetero) is 6. The fourth-order valence-corrected chi connectivity index (χ4v) is 8.86. The Bertz CT molecular complexity index is 3420. The minimum absolute atomic E-state index is 0.0232. The molecule has 0 unspecified atom stereocenters. The van der Waals surface area contributed by atoms with Crippen LogP contribution >= 0.6 is 0 Å². The highest BCUT2D eigenvalue weighted by molar-refractivity contribution is 5.84. The van der Waals surface area contributed by atoms with Gasteiger partial charge >= 0.3 is 0 Å². The number of benzene rings is 6. The van der Waals surface area contributed by atoms with Crippen molar-refractivity contribution in [2.45, 2.75) is 106 Å². The van der Waals surface area contributed by atoms with Gasteiger partial charge in [-0.1, -0.05) is 104 Å². The van der Waals surface area contributed by atoms with Gasteiger partial charge in [0.2, 0.25) is 34.7 Å². The van der Waals surface area contributed by atoms with Gasteiger partial charge < -0.3 is 56.8 Å². The molecule has 0 saturated heterocycles. The van der Waals surface area contributed by atoms with E-state index < -0.39 is 0 Å². The number of fused-ring (bicyclic) bond motifs is 6. The van der Waals surface area contributed by atoms with Crippen molar-refractivity contribution in [2.24, 2.45) is 5.92 Å². The highest BCUT2D eigenvalue weighted by Gasteiger charge is 2.23. The topological polar surface area (TPSA) is 213 Å². The van der Waals surface area contributed by atoms with Crippen molar-refractivity contribution in [1.29, 1.82) is 0 Å². The van der Waals surface area contributed by atoms with E-state index in [0.717, 1.165) is 36.8 Å². The van der Waals surface area contributed by atoms with Gasteiger partial charge in [-0.3, -0.25) is 28.8 Å². The molecule has 0 radical (unpaired) electrons. The van der Waals surface area contributed by atoms with Gasteiger partial charge in [0, 0.05) is 0 Å². The van der Waals surface area contributed by atoms with E-state index in [0.29, 0.717) is 80.8 Å². The average molecular weight is 1220 g/mol. The van der Waals surface area contributed by atoms with E-state index in [1.807, 2.05) is 117 Å². The molecule has 0 aromatic heterocycles. The highest BCUT2D eigenvalue weighted by Crippen LogP contribution is 2.37. The van der Waals surface area contributed by atoms with Crippen LogP contribution in [0.25, 0.3) is 0 Å². The average Bonchev–Trinajstić information content (AvgIpc) is 3.36. The van der Waals surface area contributed by atoms with Crippen molar-refractivity contribution in [2.75, 3.05) is 79.3 Å². The fourth-order valence-electron chi connectivity index (χ4n) is 8.86. The molecule has 89 heavy (non-hydrogen) atoms. The summed E-state index contributed by atoms with van der Waals surface area (Å²) >= 11 is 0. The maximum atomic E-state index is 11.2. The zero-order valence-electron chi connectivity index (χ0n) is 52.7. The first-order valence-corrected chi connectivity index (χ1v) is 30.0. The predicted molar refractivity (Wildman–Crippen MR) is 334 cm³/mol.